The molecule has 0 radical (unpaired) electrons. The minimum atomic E-state index is -0.453. The molecule has 1 aliphatic heterocycles. The van der Waals surface area contributed by atoms with E-state index in [1.807, 2.05) is 20.8 Å². The summed E-state index contributed by atoms with van der Waals surface area (Å²) in [6, 6.07) is -0.133. The molecular formula is C9H18N2O2. The van der Waals surface area contributed by atoms with Crippen LogP contribution in [-0.2, 0) is 4.79 Å². The summed E-state index contributed by atoms with van der Waals surface area (Å²) in [5, 5.41) is 15.3. The van der Waals surface area contributed by atoms with Gasteiger partial charge in [-0.15, -0.1) is 0 Å². The maximum absolute atomic E-state index is 11.5. The number of aliphatic hydroxyl groups is 1. The van der Waals surface area contributed by atoms with Crippen LogP contribution in [0.2, 0.25) is 0 Å². The number of β-amino-alcohol motifs (C(OH)–C–C–N with tert-alkyl or cyclic N) is 1. The minimum Gasteiger partial charge on any atom is -0.390 e. The molecule has 13 heavy (non-hydrogen) atoms. The predicted octanol–water partition coefficient (Wildman–Crippen LogP) is -0.519. The van der Waals surface area contributed by atoms with E-state index in [4.69, 9.17) is 0 Å². The second kappa shape index (κ2) is 3.64. The van der Waals surface area contributed by atoms with Crippen LogP contribution in [0.4, 0.5) is 0 Å². The number of hydrogen-bond acceptors (Lipinski definition) is 3. The third-order valence-corrected chi connectivity index (χ3v) is 2.18. The van der Waals surface area contributed by atoms with Crippen molar-refractivity contribution in [3.63, 3.8) is 0 Å². The Morgan fingerprint density at radius 1 is 1.46 bits per heavy atom. The molecule has 0 aromatic carbocycles. The average molecular weight is 186 g/mol. The lowest BCUT2D eigenvalue weighted by Gasteiger charge is -2.22. The zero-order valence-corrected chi connectivity index (χ0v) is 8.42. The van der Waals surface area contributed by atoms with Gasteiger partial charge >= 0.3 is 0 Å². The van der Waals surface area contributed by atoms with Crippen LogP contribution in [0.3, 0.4) is 0 Å². The van der Waals surface area contributed by atoms with Gasteiger partial charge in [-0.2, -0.15) is 0 Å². The van der Waals surface area contributed by atoms with E-state index in [1.54, 1.807) is 0 Å². The molecule has 1 fully saturated rings. The fraction of sp³-hybridized carbons (Fsp3) is 0.889. The summed E-state index contributed by atoms with van der Waals surface area (Å²) >= 11 is 0. The van der Waals surface area contributed by atoms with Gasteiger partial charge < -0.3 is 15.7 Å². The van der Waals surface area contributed by atoms with Gasteiger partial charge in [0.25, 0.3) is 0 Å². The summed E-state index contributed by atoms with van der Waals surface area (Å²) in [7, 11) is 0. The number of carbonyl (C=O) groups excluding carboxylic acids is 1. The SMILES string of the molecule is CC(C)(C)C(=O)NC1CNCC1O. The molecule has 1 saturated heterocycles. The van der Waals surface area contributed by atoms with Crippen molar-refractivity contribution in [3.05, 3.63) is 0 Å². The van der Waals surface area contributed by atoms with Crippen molar-refractivity contribution in [1.82, 2.24) is 10.6 Å². The highest BCUT2D eigenvalue weighted by Crippen LogP contribution is 2.13. The van der Waals surface area contributed by atoms with Crippen molar-refractivity contribution >= 4 is 5.91 Å². The lowest BCUT2D eigenvalue weighted by Crippen LogP contribution is -2.47. The quantitative estimate of drug-likeness (QED) is 0.516. The fourth-order valence-corrected chi connectivity index (χ4v) is 1.20. The maximum atomic E-state index is 11.5. The van der Waals surface area contributed by atoms with Gasteiger partial charge in [-0.05, 0) is 0 Å². The summed E-state index contributed by atoms with van der Waals surface area (Å²) in [6.07, 6.45) is -0.453. The first-order valence-electron chi connectivity index (χ1n) is 4.61. The van der Waals surface area contributed by atoms with Crippen LogP contribution in [0.1, 0.15) is 20.8 Å². The molecule has 0 aromatic heterocycles. The number of amides is 1. The van der Waals surface area contributed by atoms with Gasteiger partial charge in [-0.3, -0.25) is 4.79 Å². The summed E-state index contributed by atoms with van der Waals surface area (Å²) in [5.74, 6) is -0.0137. The Bertz CT molecular complexity index is 198. The number of rotatable bonds is 1. The lowest BCUT2D eigenvalue weighted by molar-refractivity contribution is -0.129. The third kappa shape index (κ3) is 2.67. The maximum Gasteiger partial charge on any atom is 0.225 e. The smallest absolute Gasteiger partial charge is 0.225 e. The predicted molar refractivity (Wildman–Crippen MR) is 50.3 cm³/mol. The second-order valence-corrected chi connectivity index (χ2v) is 4.56. The van der Waals surface area contributed by atoms with Gasteiger partial charge in [-0.25, -0.2) is 0 Å². The van der Waals surface area contributed by atoms with Crippen LogP contribution in [0.25, 0.3) is 0 Å². The lowest BCUT2D eigenvalue weighted by atomic mass is 9.95. The second-order valence-electron chi connectivity index (χ2n) is 4.56. The van der Waals surface area contributed by atoms with Gasteiger partial charge in [0, 0.05) is 18.5 Å². The average Bonchev–Trinajstić information content (AvgIpc) is 2.34. The molecule has 2 unspecified atom stereocenters. The first kappa shape index (κ1) is 10.5. The first-order chi connectivity index (χ1) is 5.91. The van der Waals surface area contributed by atoms with Crippen molar-refractivity contribution in [2.24, 2.45) is 5.41 Å². The van der Waals surface area contributed by atoms with Gasteiger partial charge in [0.2, 0.25) is 5.91 Å². The van der Waals surface area contributed by atoms with Gasteiger partial charge in [0.05, 0.1) is 12.1 Å². The molecule has 2 atom stereocenters. The van der Waals surface area contributed by atoms with E-state index in [0.29, 0.717) is 13.1 Å². The van der Waals surface area contributed by atoms with Crippen molar-refractivity contribution in [2.75, 3.05) is 13.1 Å². The monoisotopic (exact) mass is 186 g/mol. The van der Waals surface area contributed by atoms with Crippen LogP contribution in [0.5, 0.6) is 0 Å². The Labute approximate surface area is 78.7 Å². The van der Waals surface area contributed by atoms with E-state index < -0.39 is 6.10 Å². The summed E-state index contributed by atoms with van der Waals surface area (Å²) in [5.41, 5.74) is -0.387. The minimum absolute atomic E-state index is 0.0137. The van der Waals surface area contributed by atoms with E-state index in [1.165, 1.54) is 0 Å². The fourth-order valence-electron chi connectivity index (χ4n) is 1.20. The number of carbonyl (C=O) groups is 1. The Hall–Kier alpha value is -0.610. The third-order valence-electron chi connectivity index (χ3n) is 2.18. The molecular weight excluding hydrogens is 168 g/mol. The molecule has 0 aromatic rings. The van der Waals surface area contributed by atoms with Gasteiger partial charge in [0.1, 0.15) is 0 Å². The molecule has 76 valence electrons. The van der Waals surface area contributed by atoms with Gasteiger partial charge in [-0.1, -0.05) is 20.8 Å². The summed E-state index contributed by atoms with van der Waals surface area (Å²) < 4.78 is 0. The van der Waals surface area contributed by atoms with E-state index >= 15 is 0 Å². The van der Waals surface area contributed by atoms with Crippen molar-refractivity contribution in [1.29, 1.82) is 0 Å². The standard InChI is InChI=1S/C9H18N2O2/c1-9(2,3)8(13)11-6-4-10-5-7(6)12/h6-7,10,12H,4-5H2,1-3H3,(H,11,13). The Morgan fingerprint density at radius 2 is 2.08 bits per heavy atom. The van der Waals surface area contributed by atoms with E-state index in [0.717, 1.165) is 0 Å². The van der Waals surface area contributed by atoms with Gasteiger partial charge in [0.15, 0.2) is 0 Å². The normalized spacial score (nSPS) is 28.9. The number of nitrogens with one attached hydrogen (secondary N) is 2. The van der Waals surface area contributed by atoms with Crippen LogP contribution >= 0.6 is 0 Å². The Morgan fingerprint density at radius 3 is 2.46 bits per heavy atom. The molecule has 4 nitrogen and oxygen atoms in total. The largest absolute Gasteiger partial charge is 0.390 e. The van der Waals surface area contributed by atoms with Crippen molar-refractivity contribution in [3.8, 4) is 0 Å². The number of hydrogen-bond donors (Lipinski definition) is 3. The highest BCUT2D eigenvalue weighted by Gasteiger charge is 2.30. The molecule has 1 aliphatic rings. The summed E-state index contributed by atoms with van der Waals surface area (Å²) in [4.78, 5) is 11.5. The molecule has 0 aliphatic carbocycles. The van der Waals surface area contributed by atoms with E-state index in [2.05, 4.69) is 10.6 Å². The molecule has 1 heterocycles. The number of aliphatic hydroxyl groups excluding tert-OH is 1. The molecule has 1 rings (SSSR count). The van der Waals surface area contributed by atoms with E-state index in [-0.39, 0.29) is 17.4 Å². The van der Waals surface area contributed by atoms with Crippen LogP contribution in [0.15, 0.2) is 0 Å². The highest BCUT2D eigenvalue weighted by molar-refractivity contribution is 5.81. The molecule has 3 N–H and O–H groups in total. The molecule has 1 amide bonds. The van der Waals surface area contributed by atoms with Crippen LogP contribution < -0.4 is 10.6 Å². The molecule has 0 saturated carbocycles. The highest BCUT2D eigenvalue weighted by atomic mass is 16.3. The zero-order chi connectivity index (χ0) is 10.1. The summed E-state index contributed by atoms with van der Waals surface area (Å²) in [6.45, 7) is 6.79. The Kier molecular flexibility index (Phi) is 2.93. The van der Waals surface area contributed by atoms with Crippen molar-refractivity contribution in [2.45, 2.75) is 32.9 Å². The Balaban J connectivity index is 2.45. The van der Waals surface area contributed by atoms with Crippen LogP contribution in [0, 0.1) is 5.41 Å². The van der Waals surface area contributed by atoms with Crippen molar-refractivity contribution < 1.29 is 9.90 Å². The molecule has 0 bridgehead atoms. The topological polar surface area (TPSA) is 61.4 Å². The zero-order valence-electron chi connectivity index (χ0n) is 8.42. The van der Waals surface area contributed by atoms with E-state index in [9.17, 15) is 9.90 Å². The molecule has 0 spiro atoms. The van der Waals surface area contributed by atoms with Crippen LogP contribution in [-0.4, -0.2) is 36.2 Å². The first-order valence-corrected chi connectivity index (χ1v) is 4.61. The molecule has 4 heteroatoms.